The van der Waals surface area contributed by atoms with Gasteiger partial charge in [-0.3, -0.25) is 0 Å². The molecule has 0 amide bonds. The van der Waals surface area contributed by atoms with Crippen molar-refractivity contribution in [2.24, 2.45) is 5.92 Å². The Kier molecular flexibility index (Phi) is 4.31. The van der Waals surface area contributed by atoms with Crippen LogP contribution in [0.5, 0.6) is 0 Å². The van der Waals surface area contributed by atoms with Crippen LogP contribution in [0.4, 0.5) is 0 Å². The zero-order chi connectivity index (χ0) is 15.0. The fraction of sp³-hybridized carbons (Fsp3) is 0.765. The lowest BCUT2D eigenvalue weighted by molar-refractivity contribution is -0.0778. The Balaban J connectivity index is 2.27. The van der Waals surface area contributed by atoms with Gasteiger partial charge < -0.3 is 14.5 Å². The lowest BCUT2D eigenvalue weighted by atomic mass is 9.79. The largest absolute Gasteiger partial charge is 0.469 e. The minimum absolute atomic E-state index is 0.0565. The highest BCUT2D eigenvalue weighted by Gasteiger charge is 2.49. The number of rotatable bonds is 5. The van der Waals surface area contributed by atoms with Crippen molar-refractivity contribution in [1.29, 1.82) is 0 Å². The molecule has 1 saturated heterocycles. The van der Waals surface area contributed by atoms with E-state index in [-0.39, 0.29) is 11.2 Å². The summed E-state index contributed by atoms with van der Waals surface area (Å²) in [6.07, 6.45) is 4.08. The highest BCUT2D eigenvalue weighted by atomic mass is 16.5. The molecule has 1 aromatic rings. The molecule has 2 unspecified atom stereocenters. The third kappa shape index (κ3) is 3.26. The third-order valence-corrected chi connectivity index (χ3v) is 4.27. The van der Waals surface area contributed by atoms with Gasteiger partial charge in [0.2, 0.25) is 0 Å². The standard InChI is InChI=1S/C17H29NO2/c1-7-8-18-15(13-9-12(2)19-11-13)14-10-16(3,4)20-17(14,5)6/h9,11,14-15,18H,7-8,10H2,1-6H3. The van der Waals surface area contributed by atoms with Crippen LogP contribution in [0.1, 0.15) is 64.8 Å². The van der Waals surface area contributed by atoms with Gasteiger partial charge in [0.25, 0.3) is 0 Å². The summed E-state index contributed by atoms with van der Waals surface area (Å²) in [7, 11) is 0. The maximum Gasteiger partial charge on any atom is 0.101 e. The van der Waals surface area contributed by atoms with E-state index in [1.165, 1.54) is 5.56 Å². The van der Waals surface area contributed by atoms with Crippen LogP contribution in [0, 0.1) is 12.8 Å². The summed E-state index contributed by atoms with van der Waals surface area (Å²) in [5, 5.41) is 3.69. The van der Waals surface area contributed by atoms with E-state index in [2.05, 4.69) is 46.0 Å². The molecule has 1 aliphatic rings. The molecule has 3 nitrogen and oxygen atoms in total. The smallest absolute Gasteiger partial charge is 0.101 e. The fourth-order valence-electron chi connectivity index (χ4n) is 3.54. The van der Waals surface area contributed by atoms with Crippen LogP contribution in [0.3, 0.4) is 0 Å². The molecule has 0 radical (unpaired) electrons. The van der Waals surface area contributed by atoms with Gasteiger partial charge in [-0.25, -0.2) is 0 Å². The molecule has 1 aromatic heterocycles. The molecule has 1 aliphatic heterocycles. The molecular formula is C17H29NO2. The van der Waals surface area contributed by atoms with Crippen LogP contribution < -0.4 is 5.32 Å². The molecule has 20 heavy (non-hydrogen) atoms. The third-order valence-electron chi connectivity index (χ3n) is 4.27. The van der Waals surface area contributed by atoms with Gasteiger partial charge in [0.15, 0.2) is 0 Å². The van der Waals surface area contributed by atoms with Gasteiger partial charge >= 0.3 is 0 Å². The van der Waals surface area contributed by atoms with Crippen molar-refractivity contribution >= 4 is 0 Å². The lowest BCUT2D eigenvalue weighted by Gasteiger charge is -2.33. The van der Waals surface area contributed by atoms with Crippen molar-refractivity contribution in [1.82, 2.24) is 5.32 Å². The molecular weight excluding hydrogens is 250 g/mol. The highest BCUT2D eigenvalue weighted by molar-refractivity contribution is 5.20. The van der Waals surface area contributed by atoms with E-state index in [1.54, 1.807) is 0 Å². The molecule has 0 aliphatic carbocycles. The van der Waals surface area contributed by atoms with E-state index >= 15 is 0 Å². The van der Waals surface area contributed by atoms with E-state index in [0.717, 1.165) is 25.1 Å². The second-order valence-electron chi connectivity index (χ2n) is 7.20. The van der Waals surface area contributed by atoms with Crippen molar-refractivity contribution in [3.63, 3.8) is 0 Å². The van der Waals surface area contributed by atoms with E-state index in [0.29, 0.717) is 12.0 Å². The first-order valence-electron chi connectivity index (χ1n) is 7.74. The quantitative estimate of drug-likeness (QED) is 0.876. The Morgan fingerprint density at radius 2 is 2.05 bits per heavy atom. The first-order chi connectivity index (χ1) is 9.25. The Hall–Kier alpha value is -0.800. The van der Waals surface area contributed by atoms with Crippen LogP contribution in [0.25, 0.3) is 0 Å². The predicted molar refractivity (Wildman–Crippen MR) is 81.8 cm³/mol. The van der Waals surface area contributed by atoms with E-state index in [9.17, 15) is 0 Å². The maximum atomic E-state index is 6.27. The topological polar surface area (TPSA) is 34.4 Å². The van der Waals surface area contributed by atoms with Crippen LogP contribution in [0.15, 0.2) is 16.7 Å². The van der Waals surface area contributed by atoms with Crippen molar-refractivity contribution in [3.05, 3.63) is 23.7 Å². The average molecular weight is 279 g/mol. The summed E-state index contributed by atoms with van der Waals surface area (Å²) in [6.45, 7) is 14.0. The van der Waals surface area contributed by atoms with Crippen LogP contribution in [-0.2, 0) is 4.74 Å². The number of furan rings is 1. The normalized spacial score (nSPS) is 25.8. The van der Waals surface area contributed by atoms with Gasteiger partial charge in [-0.1, -0.05) is 6.92 Å². The summed E-state index contributed by atoms with van der Waals surface area (Å²) < 4.78 is 11.8. The number of hydrogen-bond acceptors (Lipinski definition) is 3. The number of aryl methyl sites for hydroxylation is 1. The van der Waals surface area contributed by atoms with E-state index in [1.807, 2.05) is 13.2 Å². The van der Waals surface area contributed by atoms with Crippen LogP contribution >= 0.6 is 0 Å². The molecule has 0 saturated carbocycles. The SMILES string of the molecule is CCCNC(c1coc(C)c1)C1CC(C)(C)OC1(C)C. The lowest BCUT2D eigenvalue weighted by Crippen LogP contribution is -2.38. The second kappa shape index (κ2) is 5.53. The number of nitrogens with one attached hydrogen (secondary N) is 1. The molecule has 0 aromatic carbocycles. The monoisotopic (exact) mass is 279 g/mol. The summed E-state index contributed by atoms with van der Waals surface area (Å²) in [5.74, 6) is 1.42. The summed E-state index contributed by atoms with van der Waals surface area (Å²) in [6, 6.07) is 2.44. The summed E-state index contributed by atoms with van der Waals surface area (Å²) in [5.41, 5.74) is 1.06. The first kappa shape index (κ1) is 15.6. The predicted octanol–water partition coefficient (Wildman–Crippen LogP) is 4.22. The van der Waals surface area contributed by atoms with Gasteiger partial charge in [-0.15, -0.1) is 0 Å². The number of hydrogen-bond donors (Lipinski definition) is 1. The van der Waals surface area contributed by atoms with Crippen molar-refractivity contribution in [3.8, 4) is 0 Å². The molecule has 2 atom stereocenters. The van der Waals surface area contributed by atoms with Crippen LogP contribution in [-0.4, -0.2) is 17.7 Å². The van der Waals surface area contributed by atoms with Gasteiger partial charge in [0, 0.05) is 17.5 Å². The van der Waals surface area contributed by atoms with E-state index < -0.39 is 0 Å². The molecule has 114 valence electrons. The van der Waals surface area contributed by atoms with Gasteiger partial charge in [0.05, 0.1) is 17.5 Å². The zero-order valence-corrected chi connectivity index (χ0v) is 13.7. The minimum atomic E-state index is -0.125. The summed E-state index contributed by atoms with van der Waals surface area (Å²) >= 11 is 0. The van der Waals surface area contributed by atoms with Gasteiger partial charge in [-0.2, -0.15) is 0 Å². The van der Waals surface area contributed by atoms with Crippen molar-refractivity contribution in [2.45, 2.75) is 71.6 Å². The fourth-order valence-corrected chi connectivity index (χ4v) is 3.54. The molecule has 2 heterocycles. The molecule has 2 rings (SSSR count). The second-order valence-corrected chi connectivity index (χ2v) is 7.20. The average Bonchev–Trinajstić information content (AvgIpc) is 2.81. The Morgan fingerprint density at radius 1 is 1.35 bits per heavy atom. The minimum Gasteiger partial charge on any atom is -0.469 e. The Morgan fingerprint density at radius 3 is 2.50 bits per heavy atom. The summed E-state index contributed by atoms with van der Waals surface area (Å²) in [4.78, 5) is 0. The molecule has 0 spiro atoms. The van der Waals surface area contributed by atoms with Crippen molar-refractivity contribution in [2.75, 3.05) is 6.54 Å². The van der Waals surface area contributed by atoms with Crippen LogP contribution in [0.2, 0.25) is 0 Å². The van der Waals surface area contributed by atoms with Gasteiger partial charge in [0.1, 0.15) is 5.76 Å². The Bertz CT molecular complexity index is 448. The van der Waals surface area contributed by atoms with Gasteiger partial charge in [-0.05, 0) is 60.1 Å². The van der Waals surface area contributed by atoms with E-state index in [4.69, 9.17) is 9.15 Å². The highest BCUT2D eigenvalue weighted by Crippen LogP contribution is 2.47. The zero-order valence-electron chi connectivity index (χ0n) is 13.7. The number of ether oxygens (including phenoxy) is 1. The molecule has 1 N–H and O–H groups in total. The molecule has 0 bridgehead atoms. The maximum absolute atomic E-state index is 6.27. The van der Waals surface area contributed by atoms with Crippen molar-refractivity contribution < 1.29 is 9.15 Å². The Labute approximate surface area is 123 Å². The molecule has 1 fully saturated rings. The molecule has 3 heteroatoms. The first-order valence-corrected chi connectivity index (χ1v) is 7.74.